The van der Waals surface area contributed by atoms with Crippen LogP contribution in [0.15, 0.2) is 30.3 Å². The minimum Gasteiger partial charge on any atom is -0.481 e. The molecule has 0 amide bonds. The Morgan fingerprint density at radius 2 is 2.00 bits per heavy atom. The number of ether oxygens (including phenoxy) is 1. The standard InChI is InChI=1S/C17H22N2O6/c1-10-15(16(19-25-10)11-6-4-3-5-7-11)17(23)24-9-13(20)12(18-2)8-14(21)22/h3-7,10,12,15-16,18-19H,8-9H2,1-2H3,(H,21,22)/t10?,12-,15?,16?/m0/s1. The van der Waals surface area contributed by atoms with Crippen LogP contribution in [0.1, 0.15) is 24.9 Å². The molecule has 8 nitrogen and oxygen atoms in total. The quantitative estimate of drug-likeness (QED) is 0.579. The van der Waals surface area contributed by atoms with Crippen LogP contribution in [0.2, 0.25) is 0 Å². The van der Waals surface area contributed by atoms with E-state index in [9.17, 15) is 14.4 Å². The molecule has 1 aliphatic rings. The van der Waals surface area contributed by atoms with Gasteiger partial charge in [-0.15, -0.1) is 0 Å². The third-order valence-corrected chi connectivity index (χ3v) is 4.15. The zero-order valence-corrected chi connectivity index (χ0v) is 14.1. The molecule has 1 heterocycles. The third kappa shape index (κ3) is 4.85. The lowest BCUT2D eigenvalue weighted by molar-refractivity contribution is -0.154. The van der Waals surface area contributed by atoms with Crippen molar-refractivity contribution in [2.45, 2.75) is 31.5 Å². The average Bonchev–Trinajstić information content (AvgIpc) is 2.99. The van der Waals surface area contributed by atoms with E-state index in [-0.39, 0.29) is 12.5 Å². The largest absolute Gasteiger partial charge is 0.481 e. The van der Waals surface area contributed by atoms with E-state index >= 15 is 0 Å². The van der Waals surface area contributed by atoms with E-state index in [0.717, 1.165) is 5.56 Å². The maximum atomic E-state index is 12.4. The Morgan fingerprint density at radius 1 is 1.32 bits per heavy atom. The molecule has 4 atom stereocenters. The highest BCUT2D eigenvalue weighted by Crippen LogP contribution is 2.32. The maximum absolute atomic E-state index is 12.4. The van der Waals surface area contributed by atoms with Crippen LogP contribution in [-0.4, -0.2) is 48.6 Å². The summed E-state index contributed by atoms with van der Waals surface area (Å²) < 4.78 is 5.13. The minimum atomic E-state index is -1.11. The highest BCUT2D eigenvalue weighted by molar-refractivity contribution is 5.90. The van der Waals surface area contributed by atoms with Gasteiger partial charge in [0.25, 0.3) is 0 Å². The van der Waals surface area contributed by atoms with Crippen molar-refractivity contribution in [3.63, 3.8) is 0 Å². The number of nitrogens with one attached hydrogen (secondary N) is 2. The van der Waals surface area contributed by atoms with Crippen LogP contribution < -0.4 is 10.8 Å². The van der Waals surface area contributed by atoms with Crippen molar-refractivity contribution in [1.82, 2.24) is 10.8 Å². The summed E-state index contributed by atoms with van der Waals surface area (Å²) in [5.41, 5.74) is 3.70. The summed E-state index contributed by atoms with van der Waals surface area (Å²) in [5.74, 6) is -2.77. The number of ketones is 1. The summed E-state index contributed by atoms with van der Waals surface area (Å²) in [6, 6.07) is 8.05. The zero-order valence-electron chi connectivity index (χ0n) is 14.1. The first-order valence-electron chi connectivity index (χ1n) is 7.98. The second-order valence-electron chi connectivity index (χ2n) is 5.87. The number of esters is 1. The number of aliphatic carboxylic acids is 1. The second kappa shape index (κ2) is 8.70. The molecule has 136 valence electrons. The fraction of sp³-hybridized carbons (Fsp3) is 0.471. The Balaban J connectivity index is 1.98. The number of rotatable bonds is 8. The van der Waals surface area contributed by atoms with E-state index in [1.54, 1.807) is 6.92 Å². The van der Waals surface area contributed by atoms with E-state index in [4.69, 9.17) is 14.7 Å². The Labute approximate surface area is 145 Å². The summed E-state index contributed by atoms with van der Waals surface area (Å²) in [4.78, 5) is 40.6. The van der Waals surface area contributed by atoms with E-state index < -0.39 is 42.4 Å². The van der Waals surface area contributed by atoms with Crippen molar-refractivity contribution in [3.05, 3.63) is 35.9 Å². The smallest absolute Gasteiger partial charge is 0.314 e. The summed E-state index contributed by atoms with van der Waals surface area (Å²) >= 11 is 0. The maximum Gasteiger partial charge on any atom is 0.314 e. The fourth-order valence-electron chi connectivity index (χ4n) is 2.75. The Hall–Kier alpha value is -2.29. The van der Waals surface area contributed by atoms with E-state index in [1.165, 1.54) is 7.05 Å². The van der Waals surface area contributed by atoms with Gasteiger partial charge in [-0.3, -0.25) is 19.2 Å². The molecule has 1 aromatic carbocycles. The van der Waals surface area contributed by atoms with Crippen molar-refractivity contribution in [2.75, 3.05) is 13.7 Å². The first-order valence-corrected chi connectivity index (χ1v) is 7.98. The number of hydrogen-bond acceptors (Lipinski definition) is 7. The molecule has 8 heteroatoms. The highest BCUT2D eigenvalue weighted by Gasteiger charge is 2.42. The number of hydrogen-bond donors (Lipinski definition) is 3. The Bertz CT molecular complexity index is 621. The molecule has 0 spiro atoms. The molecule has 0 saturated carbocycles. The van der Waals surface area contributed by atoms with Crippen molar-refractivity contribution in [2.24, 2.45) is 5.92 Å². The van der Waals surface area contributed by atoms with Gasteiger partial charge in [0.2, 0.25) is 0 Å². The average molecular weight is 350 g/mol. The molecule has 1 aromatic rings. The van der Waals surface area contributed by atoms with Crippen LogP contribution in [0.4, 0.5) is 0 Å². The molecule has 0 aromatic heterocycles. The van der Waals surface area contributed by atoms with Gasteiger partial charge in [-0.25, -0.2) is 0 Å². The zero-order chi connectivity index (χ0) is 18.4. The number of likely N-dealkylation sites (N-methyl/N-ethyl adjacent to an activating group) is 1. The van der Waals surface area contributed by atoms with Crippen molar-refractivity contribution >= 4 is 17.7 Å². The molecule has 3 N–H and O–H groups in total. The number of benzene rings is 1. The van der Waals surface area contributed by atoms with Gasteiger partial charge < -0.3 is 15.2 Å². The molecular formula is C17H22N2O6. The number of carboxylic acids is 1. The van der Waals surface area contributed by atoms with Gasteiger partial charge in [-0.1, -0.05) is 30.3 Å². The van der Waals surface area contributed by atoms with Crippen LogP contribution in [-0.2, 0) is 24.0 Å². The summed E-state index contributed by atoms with van der Waals surface area (Å²) in [6.07, 6.45) is -0.795. The van der Waals surface area contributed by atoms with Crippen molar-refractivity contribution in [3.8, 4) is 0 Å². The summed E-state index contributed by atoms with van der Waals surface area (Å²) in [7, 11) is 1.48. The molecule has 0 radical (unpaired) electrons. The fourth-order valence-corrected chi connectivity index (χ4v) is 2.75. The van der Waals surface area contributed by atoms with Gasteiger partial charge in [0, 0.05) is 0 Å². The monoisotopic (exact) mass is 350 g/mol. The van der Waals surface area contributed by atoms with Gasteiger partial charge in [-0.05, 0) is 19.5 Å². The van der Waals surface area contributed by atoms with Gasteiger partial charge in [0.05, 0.1) is 24.6 Å². The van der Waals surface area contributed by atoms with E-state index in [2.05, 4.69) is 10.8 Å². The highest BCUT2D eigenvalue weighted by atomic mass is 16.7. The minimum absolute atomic E-state index is 0.371. The number of Topliss-reactive ketones (excluding diaryl/α,β-unsaturated/α-hetero) is 1. The SMILES string of the molecule is CN[C@@H](CC(=O)O)C(=O)COC(=O)C1C(C)ONC1c1ccccc1. The van der Waals surface area contributed by atoms with Crippen LogP contribution in [0.3, 0.4) is 0 Å². The predicted molar refractivity (Wildman–Crippen MR) is 87.4 cm³/mol. The molecule has 1 aliphatic heterocycles. The van der Waals surface area contributed by atoms with Crippen LogP contribution >= 0.6 is 0 Å². The van der Waals surface area contributed by atoms with Gasteiger partial charge >= 0.3 is 11.9 Å². The number of carbonyl (C=O) groups excluding carboxylic acids is 2. The Morgan fingerprint density at radius 3 is 2.60 bits per heavy atom. The van der Waals surface area contributed by atoms with Crippen molar-refractivity contribution in [1.29, 1.82) is 0 Å². The second-order valence-corrected chi connectivity index (χ2v) is 5.87. The number of carboxylic acid groups (broad SMARTS) is 1. The van der Waals surface area contributed by atoms with Crippen molar-refractivity contribution < 1.29 is 29.1 Å². The number of carbonyl (C=O) groups is 3. The summed E-state index contributed by atoms with van der Waals surface area (Å²) in [6.45, 7) is 1.26. The van der Waals surface area contributed by atoms with Gasteiger partial charge in [0.1, 0.15) is 5.92 Å². The van der Waals surface area contributed by atoms with Crippen LogP contribution in [0, 0.1) is 5.92 Å². The molecule has 3 unspecified atom stereocenters. The van der Waals surface area contributed by atoms with E-state index in [1.807, 2.05) is 30.3 Å². The lowest BCUT2D eigenvalue weighted by Gasteiger charge is -2.19. The topological polar surface area (TPSA) is 114 Å². The van der Waals surface area contributed by atoms with Gasteiger partial charge in [0.15, 0.2) is 12.4 Å². The normalized spacial score (nSPS) is 23.8. The molecule has 25 heavy (non-hydrogen) atoms. The molecule has 0 bridgehead atoms. The molecule has 1 saturated heterocycles. The third-order valence-electron chi connectivity index (χ3n) is 4.15. The molecule has 0 aliphatic carbocycles. The van der Waals surface area contributed by atoms with Crippen LogP contribution in [0.25, 0.3) is 0 Å². The lowest BCUT2D eigenvalue weighted by Crippen LogP contribution is -2.40. The van der Waals surface area contributed by atoms with Gasteiger partial charge in [-0.2, -0.15) is 5.48 Å². The number of hydroxylamine groups is 1. The van der Waals surface area contributed by atoms with E-state index in [0.29, 0.717) is 0 Å². The first kappa shape index (κ1) is 19.0. The Kier molecular flexibility index (Phi) is 6.63. The molecule has 2 rings (SSSR count). The molecular weight excluding hydrogens is 328 g/mol. The van der Waals surface area contributed by atoms with Crippen LogP contribution in [0.5, 0.6) is 0 Å². The summed E-state index contributed by atoms with van der Waals surface area (Å²) in [5, 5.41) is 11.4. The first-order chi connectivity index (χ1) is 11.9. The molecule has 1 fully saturated rings. The predicted octanol–water partition coefficient (Wildman–Crippen LogP) is 0.442. The lowest BCUT2D eigenvalue weighted by atomic mass is 9.91.